The number of hydrogen-bond acceptors (Lipinski definition) is 2. The van der Waals surface area contributed by atoms with Gasteiger partial charge in [-0.3, -0.25) is 9.59 Å². The molecule has 20 heavy (non-hydrogen) atoms. The Kier molecular flexibility index (Phi) is 4.42. The van der Waals surface area contributed by atoms with Crippen LogP contribution in [0, 0.1) is 0 Å². The molecule has 5 heteroatoms. The average molecular weight is 308 g/mol. The average Bonchev–Trinajstić information content (AvgIpc) is 2.41. The quantitative estimate of drug-likeness (QED) is 0.865. The molecular weight excluding hydrogens is 297 g/mol. The van der Waals surface area contributed by atoms with Gasteiger partial charge in [-0.05, 0) is 42.5 Å². The largest absolute Gasteiger partial charge is 0.326 e. The first kappa shape index (κ1) is 14.6. The van der Waals surface area contributed by atoms with Gasteiger partial charge >= 0.3 is 0 Å². The van der Waals surface area contributed by atoms with Crippen LogP contribution in [0.4, 0.5) is 5.69 Å². The number of hydrogen-bond donors (Lipinski definition) is 1. The lowest BCUT2D eigenvalue weighted by Gasteiger charge is -2.06. The van der Waals surface area contributed by atoms with Crippen molar-refractivity contribution in [2.45, 2.75) is 6.92 Å². The SMILES string of the molecule is CC(=O)Nc1ccc(C(=O)c2cc(Cl)ccc2Cl)cc1. The third-order valence-corrected chi connectivity index (χ3v) is 3.21. The summed E-state index contributed by atoms with van der Waals surface area (Å²) in [4.78, 5) is 23.2. The summed E-state index contributed by atoms with van der Waals surface area (Å²) in [7, 11) is 0. The fraction of sp³-hybridized carbons (Fsp3) is 0.0667. The number of amides is 1. The van der Waals surface area contributed by atoms with Crippen LogP contribution in [0.15, 0.2) is 42.5 Å². The maximum Gasteiger partial charge on any atom is 0.221 e. The molecule has 0 aliphatic rings. The molecule has 0 fully saturated rings. The molecule has 0 aliphatic carbocycles. The van der Waals surface area contributed by atoms with Gasteiger partial charge in [-0.15, -0.1) is 0 Å². The van der Waals surface area contributed by atoms with Gasteiger partial charge in [0.05, 0.1) is 5.02 Å². The summed E-state index contributed by atoms with van der Waals surface area (Å²) in [5.41, 5.74) is 1.46. The highest BCUT2D eigenvalue weighted by atomic mass is 35.5. The molecule has 0 spiro atoms. The van der Waals surface area contributed by atoms with E-state index in [0.29, 0.717) is 26.9 Å². The van der Waals surface area contributed by atoms with Crippen molar-refractivity contribution in [2.24, 2.45) is 0 Å². The van der Waals surface area contributed by atoms with Crippen molar-refractivity contribution in [2.75, 3.05) is 5.32 Å². The summed E-state index contributed by atoms with van der Waals surface area (Å²) < 4.78 is 0. The monoisotopic (exact) mass is 307 g/mol. The van der Waals surface area contributed by atoms with Crippen molar-refractivity contribution >= 4 is 40.6 Å². The fourth-order valence-electron chi connectivity index (χ4n) is 1.74. The van der Waals surface area contributed by atoms with E-state index in [2.05, 4.69) is 5.32 Å². The zero-order valence-electron chi connectivity index (χ0n) is 10.6. The third-order valence-electron chi connectivity index (χ3n) is 2.64. The van der Waals surface area contributed by atoms with Crippen LogP contribution in [0.1, 0.15) is 22.8 Å². The highest BCUT2D eigenvalue weighted by Gasteiger charge is 2.13. The van der Waals surface area contributed by atoms with Crippen LogP contribution in [-0.4, -0.2) is 11.7 Å². The molecule has 1 N–H and O–H groups in total. The van der Waals surface area contributed by atoms with E-state index in [4.69, 9.17) is 23.2 Å². The van der Waals surface area contributed by atoms with Gasteiger partial charge in [0.15, 0.2) is 5.78 Å². The Hall–Kier alpha value is -1.84. The van der Waals surface area contributed by atoms with E-state index in [0.717, 1.165) is 0 Å². The van der Waals surface area contributed by atoms with Crippen molar-refractivity contribution in [1.29, 1.82) is 0 Å². The number of ketones is 1. The van der Waals surface area contributed by atoms with E-state index >= 15 is 0 Å². The summed E-state index contributed by atoms with van der Waals surface area (Å²) >= 11 is 11.9. The molecule has 0 bridgehead atoms. The predicted molar refractivity (Wildman–Crippen MR) is 80.6 cm³/mol. The number of carbonyl (C=O) groups is 2. The standard InChI is InChI=1S/C15H11Cl2NO2/c1-9(19)18-12-5-2-10(3-6-12)15(20)13-8-11(16)4-7-14(13)17/h2-8H,1H3,(H,18,19). The van der Waals surface area contributed by atoms with Gasteiger partial charge in [0, 0.05) is 28.8 Å². The van der Waals surface area contributed by atoms with Gasteiger partial charge in [0.25, 0.3) is 0 Å². The van der Waals surface area contributed by atoms with Crippen LogP contribution in [0.3, 0.4) is 0 Å². The number of nitrogens with one attached hydrogen (secondary N) is 1. The first-order valence-corrected chi connectivity index (χ1v) is 6.60. The van der Waals surface area contributed by atoms with Crippen LogP contribution in [0.5, 0.6) is 0 Å². The van der Waals surface area contributed by atoms with Crippen molar-refractivity contribution in [1.82, 2.24) is 0 Å². The van der Waals surface area contributed by atoms with E-state index in [9.17, 15) is 9.59 Å². The molecule has 0 aliphatic heterocycles. The van der Waals surface area contributed by atoms with Gasteiger partial charge in [0.1, 0.15) is 0 Å². The molecule has 0 atom stereocenters. The molecule has 0 unspecified atom stereocenters. The molecule has 102 valence electrons. The normalized spacial score (nSPS) is 10.2. The van der Waals surface area contributed by atoms with Crippen molar-refractivity contribution in [3.05, 3.63) is 63.6 Å². The summed E-state index contributed by atoms with van der Waals surface area (Å²) in [6.45, 7) is 1.42. The maximum absolute atomic E-state index is 12.3. The van der Waals surface area contributed by atoms with Crippen LogP contribution in [-0.2, 0) is 4.79 Å². The topological polar surface area (TPSA) is 46.2 Å². The van der Waals surface area contributed by atoms with E-state index in [1.807, 2.05) is 0 Å². The Bertz CT molecular complexity index is 666. The smallest absolute Gasteiger partial charge is 0.221 e. The molecule has 3 nitrogen and oxygen atoms in total. The maximum atomic E-state index is 12.3. The predicted octanol–water partition coefficient (Wildman–Crippen LogP) is 4.18. The zero-order chi connectivity index (χ0) is 14.7. The highest BCUT2D eigenvalue weighted by molar-refractivity contribution is 6.36. The van der Waals surface area contributed by atoms with Crippen molar-refractivity contribution in [3.8, 4) is 0 Å². The second-order valence-corrected chi connectivity index (χ2v) is 5.06. The summed E-state index contributed by atoms with van der Waals surface area (Å²) in [6.07, 6.45) is 0. The molecule has 0 aromatic heterocycles. The van der Waals surface area contributed by atoms with Crippen molar-refractivity contribution in [3.63, 3.8) is 0 Å². The van der Waals surface area contributed by atoms with Crippen molar-refractivity contribution < 1.29 is 9.59 Å². The van der Waals surface area contributed by atoms with Crippen LogP contribution < -0.4 is 5.32 Å². The molecule has 2 aromatic carbocycles. The minimum Gasteiger partial charge on any atom is -0.326 e. The Labute approximate surface area is 126 Å². The second kappa shape index (κ2) is 6.07. The molecule has 2 rings (SSSR count). The third kappa shape index (κ3) is 3.38. The number of anilines is 1. The van der Waals surface area contributed by atoms with Gasteiger partial charge in [-0.25, -0.2) is 0 Å². The van der Waals surface area contributed by atoms with Crippen LogP contribution >= 0.6 is 23.2 Å². The molecule has 2 aromatic rings. The zero-order valence-corrected chi connectivity index (χ0v) is 12.1. The molecular formula is C15H11Cl2NO2. The van der Waals surface area contributed by atoms with Crippen LogP contribution in [0.2, 0.25) is 10.0 Å². The highest BCUT2D eigenvalue weighted by Crippen LogP contribution is 2.24. The first-order valence-electron chi connectivity index (χ1n) is 5.85. The first-order chi connectivity index (χ1) is 9.47. The number of halogens is 2. The molecule has 0 saturated carbocycles. The minimum atomic E-state index is -0.216. The second-order valence-electron chi connectivity index (χ2n) is 4.21. The number of carbonyl (C=O) groups excluding carboxylic acids is 2. The summed E-state index contributed by atoms with van der Waals surface area (Å²) in [6, 6.07) is 11.3. The lowest BCUT2D eigenvalue weighted by molar-refractivity contribution is -0.114. The van der Waals surface area contributed by atoms with E-state index < -0.39 is 0 Å². The van der Waals surface area contributed by atoms with Crippen LogP contribution in [0.25, 0.3) is 0 Å². The van der Waals surface area contributed by atoms with Gasteiger partial charge < -0.3 is 5.32 Å². The van der Waals surface area contributed by atoms with Gasteiger partial charge in [-0.1, -0.05) is 23.2 Å². The number of benzene rings is 2. The fourth-order valence-corrected chi connectivity index (χ4v) is 2.11. The summed E-state index contributed by atoms with van der Waals surface area (Å²) in [5.74, 6) is -0.381. The lowest BCUT2D eigenvalue weighted by Crippen LogP contribution is -2.06. The molecule has 0 heterocycles. The lowest BCUT2D eigenvalue weighted by atomic mass is 10.0. The van der Waals surface area contributed by atoms with E-state index in [1.54, 1.807) is 36.4 Å². The summed E-state index contributed by atoms with van der Waals surface area (Å²) in [5, 5.41) is 3.44. The van der Waals surface area contributed by atoms with E-state index in [-0.39, 0.29) is 11.7 Å². The minimum absolute atomic E-state index is 0.165. The Morgan fingerprint density at radius 1 is 1.00 bits per heavy atom. The van der Waals surface area contributed by atoms with E-state index in [1.165, 1.54) is 13.0 Å². The molecule has 1 amide bonds. The van der Waals surface area contributed by atoms with Gasteiger partial charge in [-0.2, -0.15) is 0 Å². The number of rotatable bonds is 3. The Morgan fingerprint density at radius 3 is 2.25 bits per heavy atom. The van der Waals surface area contributed by atoms with Gasteiger partial charge in [0.2, 0.25) is 5.91 Å². The molecule has 0 radical (unpaired) electrons. The Balaban J connectivity index is 2.29. The molecule has 0 saturated heterocycles. The Morgan fingerprint density at radius 2 is 1.65 bits per heavy atom.